The number of pyridine rings is 1. The molecule has 6 nitrogen and oxygen atoms in total. The minimum absolute atomic E-state index is 0.0413. The molecule has 1 aliphatic heterocycles. The third kappa shape index (κ3) is 4.35. The molecule has 1 amide bonds. The number of aryl methyl sites for hydroxylation is 2. The number of likely N-dealkylation sites (tertiary alicyclic amines) is 1. The molecular formula is C25H31N5O. The van der Waals surface area contributed by atoms with E-state index in [0.717, 1.165) is 37.4 Å². The molecule has 5 rings (SSSR count). The van der Waals surface area contributed by atoms with Gasteiger partial charge in [-0.3, -0.25) is 14.1 Å². The van der Waals surface area contributed by atoms with Crippen LogP contribution < -0.4 is 5.32 Å². The second-order valence-electron chi connectivity index (χ2n) is 9.06. The molecule has 1 aromatic carbocycles. The summed E-state index contributed by atoms with van der Waals surface area (Å²) in [7, 11) is 0. The Morgan fingerprint density at radius 2 is 1.90 bits per heavy atom. The molecule has 31 heavy (non-hydrogen) atoms. The van der Waals surface area contributed by atoms with Gasteiger partial charge in [0, 0.05) is 12.1 Å². The number of hydrogen-bond acceptors (Lipinski definition) is 4. The van der Waals surface area contributed by atoms with Gasteiger partial charge in [0.2, 0.25) is 5.91 Å². The minimum atomic E-state index is 0.0413. The van der Waals surface area contributed by atoms with Crippen molar-refractivity contribution in [3.63, 3.8) is 0 Å². The van der Waals surface area contributed by atoms with Crippen LogP contribution in [-0.4, -0.2) is 45.0 Å². The van der Waals surface area contributed by atoms with Crippen LogP contribution in [0.4, 0.5) is 0 Å². The number of nitrogens with zero attached hydrogens (tertiary/aromatic N) is 4. The summed E-state index contributed by atoms with van der Waals surface area (Å²) in [5, 5.41) is 11.9. The summed E-state index contributed by atoms with van der Waals surface area (Å²) in [6.07, 6.45) is 8.97. The van der Waals surface area contributed by atoms with E-state index in [9.17, 15) is 4.79 Å². The lowest BCUT2D eigenvalue weighted by atomic mass is 9.89. The Labute approximate surface area is 183 Å². The van der Waals surface area contributed by atoms with Gasteiger partial charge in [-0.25, -0.2) is 0 Å². The van der Waals surface area contributed by atoms with Crippen LogP contribution in [0.3, 0.4) is 0 Å². The van der Waals surface area contributed by atoms with Gasteiger partial charge in [0.15, 0.2) is 5.65 Å². The third-order valence-corrected chi connectivity index (χ3v) is 6.91. The molecule has 3 aromatic rings. The number of piperidine rings is 1. The summed E-state index contributed by atoms with van der Waals surface area (Å²) in [5.41, 5.74) is 5.06. The van der Waals surface area contributed by atoms with Crippen molar-refractivity contribution < 1.29 is 4.79 Å². The second kappa shape index (κ2) is 8.79. The van der Waals surface area contributed by atoms with Crippen molar-refractivity contribution in [1.29, 1.82) is 0 Å². The Hall–Kier alpha value is -2.73. The van der Waals surface area contributed by atoms with Crippen molar-refractivity contribution in [3.05, 3.63) is 65.1 Å². The van der Waals surface area contributed by atoms with Crippen LogP contribution >= 0.6 is 0 Å². The summed E-state index contributed by atoms with van der Waals surface area (Å²) < 4.78 is 2.09. The number of carbonyl (C=O) groups excluding carboxylic acids is 1. The fourth-order valence-electron chi connectivity index (χ4n) is 5.08. The summed E-state index contributed by atoms with van der Waals surface area (Å²) in [5.74, 6) is 1.54. The molecule has 1 saturated heterocycles. The molecule has 1 fully saturated rings. The van der Waals surface area contributed by atoms with Crippen LogP contribution in [0.25, 0.3) is 5.65 Å². The lowest BCUT2D eigenvalue weighted by molar-refractivity contribution is -0.123. The highest BCUT2D eigenvalue weighted by atomic mass is 16.2. The smallest absolute Gasteiger partial charge is 0.234 e. The van der Waals surface area contributed by atoms with E-state index in [1.54, 1.807) is 0 Å². The van der Waals surface area contributed by atoms with E-state index >= 15 is 0 Å². The van der Waals surface area contributed by atoms with E-state index in [0.29, 0.717) is 12.5 Å². The zero-order valence-corrected chi connectivity index (χ0v) is 18.3. The van der Waals surface area contributed by atoms with Crippen molar-refractivity contribution >= 4 is 11.6 Å². The Morgan fingerprint density at radius 1 is 1.10 bits per heavy atom. The maximum absolute atomic E-state index is 12.7. The Bertz CT molecular complexity index is 1070. The molecule has 0 bridgehead atoms. The van der Waals surface area contributed by atoms with Crippen LogP contribution in [0.2, 0.25) is 0 Å². The molecule has 2 aromatic heterocycles. The average molecular weight is 418 g/mol. The second-order valence-corrected chi connectivity index (χ2v) is 9.06. The molecule has 1 N–H and O–H groups in total. The fraction of sp³-hybridized carbons (Fsp3) is 0.480. The van der Waals surface area contributed by atoms with Gasteiger partial charge >= 0.3 is 0 Å². The highest BCUT2D eigenvalue weighted by Gasteiger charge is 2.25. The lowest BCUT2D eigenvalue weighted by Gasteiger charge is -2.31. The zero-order chi connectivity index (χ0) is 21.2. The Kier molecular flexibility index (Phi) is 5.72. The summed E-state index contributed by atoms with van der Waals surface area (Å²) in [4.78, 5) is 14.9. The van der Waals surface area contributed by atoms with Gasteiger partial charge in [-0.15, -0.1) is 10.2 Å². The van der Waals surface area contributed by atoms with Gasteiger partial charge in [0.25, 0.3) is 0 Å². The van der Waals surface area contributed by atoms with Crippen molar-refractivity contribution in [2.75, 3.05) is 19.6 Å². The van der Waals surface area contributed by atoms with Gasteiger partial charge in [-0.1, -0.05) is 24.3 Å². The number of hydrogen-bond donors (Lipinski definition) is 1. The minimum Gasteiger partial charge on any atom is -0.348 e. The van der Waals surface area contributed by atoms with E-state index < -0.39 is 0 Å². The molecular weight excluding hydrogens is 386 g/mol. The fourth-order valence-corrected chi connectivity index (χ4v) is 5.08. The lowest BCUT2D eigenvalue weighted by Crippen LogP contribution is -2.42. The van der Waals surface area contributed by atoms with Gasteiger partial charge in [0.1, 0.15) is 5.82 Å². The van der Waals surface area contributed by atoms with Crippen molar-refractivity contribution in [3.8, 4) is 0 Å². The number of carbonyl (C=O) groups is 1. The summed E-state index contributed by atoms with van der Waals surface area (Å²) in [6.45, 7) is 4.37. The first-order valence-corrected chi connectivity index (χ1v) is 11.6. The Morgan fingerprint density at radius 3 is 2.74 bits per heavy atom. The molecule has 0 spiro atoms. The number of amides is 1. The molecule has 1 atom stereocenters. The summed E-state index contributed by atoms with van der Waals surface area (Å²) in [6, 6.07) is 12.8. The molecule has 1 unspecified atom stereocenters. The monoisotopic (exact) mass is 417 g/mol. The maximum atomic E-state index is 12.7. The number of rotatable bonds is 5. The SMILES string of the molecule is CC(NC(=O)CN1CCC(c2nnc3ccccn23)CC1)c1ccc2c(c1)CCCC2. The van der Waals surface area contributed by atoms with E-state index in [1.807, 2.05) is 24.4 Å². The maximum Gasteiger partial charge on any atom is 0.234 e. The van der Waals surface area contributed by atoms with Crippen LogP contribution in [0.1, 0.15) is 67.1 Å². The standard InChI is InChI=1S/C25H31N5O/c1-18(21-10-9-19-6-2-3-7-22(19)16-21)26-24(31)17-29-14-11-20(12-15-29)25-28-27-23-8-4-5-13-30(23)25/h4-5,8-10,13,16,18,20H,2-3,6-7,11-12,14-15,17H2,1H3,(H,26,31). The van der Waals surface area contributed by atoms with Gasteiger partial charge in [-0.2, -0.15) is 0 Å². The largest absolute Gasteiger partial charge is 0.348 e. The Balaban J connectivity index is 1.14. The van der Waals surface area contributed by atoms with Gasteiger partial charge < -0.3 is 5.32 Å². The topological polar surface area (TPSA) is 62.5 Å². The van der Waals surface area contributed by atoms with Crippen molar-refractivity contribution in [2.24, 2.45) is 0 Å². The third-order valence-electron chi connectivity index (χ3n) is 6.91. The number of benzene rings is 1. The number of aromatic nitrogens is 3. The number of nitrogens with one attached hydrogen (secondary N) is 1. The first-order chi connectivity index (χ1) is 15.2. The van der Waals surface area contributed by atoms with E-state index in [1.165, 1.54) is 42.4 Å². The highest BCUT2D eigenvalue weighted by Crippen LogP contribution is 2.27. The normalized spacial score (nSPS) is 18.6. The quantitative estimate of drug-likeness (QED) is 0.688. The predicted octanol–water partition coefficient (Wildman–Crippen LogP) is 3.66. The molecule has 1 aliphatic carbocycles. The molecule has 0 radical (unpaired) electrons. The predicted molar refractivity (Wildman–Crippen MR) is 121 cm³/mol. The molecule has 0 saturated carbocycles. The number of fused-ring (bicyclic) bond motifs is 2. The zero-order valence-electron chi connectivity index (χ0n) is 18.3. The molecule has 162 valence electrons. The average Bonchev–Trinajstić information content (AvgIpc) is 3.23. The van der Waals surface area contributed by atoms with Gasteiger partial charge in [0.05, 0.1) is 12.6 Å². The highest BCUT2D eigenvalue weighted by molar-refractivity contribution is 5.78. The van der Waals surface area contributed by atoms with E-state index in [4.69, 9.17) is 0 Å². The van der Waals surface area contributed by atoms with E-state index in [2.05, 4.69) is 49.9 Å². The molecule has 2 aliphatic rings. The molecule has 6 heteroatoms. The van der Waals surface area contributed by atoms with Crippen molar-refractivity contribution in [2.45, 2.75) is 57.4 Å². The van der Waals surface area contributed by atoms with Gasteiger partial charge in [-0.05, 0) is 87.4 Å². The van der Waals surface area contributed by atoms with E-state index in [-0.39, 0.29) is 11.9 Å². The van der Waals surface area contributed by atoms with Crippen LogP contribution in [0.5, 0.6) is 0 Å². The van der Waals surface area contributed by atoms with Crippen molar-refractivity contribution in [1.82, 2.24) is 24.8 Å². The first-order valence-electron chi connectivity index (χ1n) is 11.6. The summed E-state index contributed by atoms with van der Waals surface area (Å²) >= 11 is 0. The van der Waals surface area contributed by atoms with Crippen LogP contribution in [0, 0.1) is 0 Å². The van der Waals surface area contributed by atoms with Crippen LogP contribution in [-0.2, 0) is 17.6 Å². The first kappa shape index (κ1) is 20.2. The van der Waals surface area contributed by atoms with Crippen LogP contribution in [0.15, 0.2) is 42.6 Å². The molecule has 3 heterocycles.